The first kappa shape index (κ1) is 13.3. The molecule has 0 bridgehead atoms. The zero-order valence-corrected chi connectivity index (χ0v) is 10.9. The first-order valence-electron chi connectivity index (χ1n) is 6.66. The fourth-order valence-corrected chi connectivity index (χ4v) is 1.71. The molecule has 3 nitrogen and oxygen atoms in total. The molecule has 1 rings (SSSR count). The SMILES string of the molecule is CCC(CCC(C)C)NC(=O)NCC1CC1.[HH].[HH]. The zero-order valence-electron chi connectivity index (χ0n) is 10.9. The molecule has 0 aromatic rings. The summed E-state index contributed by atoms with van der Waals surface area (Å²) in [6, 6.07) is 0.351. The van der Waals surface area contributed by atoms with Gasteiger partial charge >= 0.3 is 6.03 Å². The number of amides is 2. The summed E-state index contributed by atoms with van der Waals surface area (Å²) < 4.78 is 0. The molecule has 1 aliphatic rings. The van der Waals surface area contributed by atoms with Gasteiger partial charge < -0.3 is 10.6 Å². The van der Waals surface area contributed by atoms with Crippen LogP contribution in [0.2, 0.25) is 0 Å². The molecule has 0 radical (unpaired) electrons. The van der Waals surface area contributed by atoms with Crippen molar-refractivity contribution < 1.29 is 7.65 Å². The van der Waals surface area contributed by atoms with Gasteiger partial charge in [-0.3, -0.25) is 0 Å². The van der Waals surface area contributed by atoms with E-state index in [1.807, 2.05) is 0 Å². The Bertz CT molecular complexity index is 221. The first-order chi connectivity index (χ1) is 7.61. The van der Waals surface area contributed by atoms with E-state index < -0.39 is 0 Å². The summed E-state index contributed by atoms with van der Waals surface area (Å²) in [6.07, 6.45) is 5.85. The van der Waals surface area contributed by atoms with Gasteiger partial charge in [0.15, 0.2) is 0 Å². The van der Waals surface area contributed by atoms with Crippen LogP contribution in [0, 0.1) is 11.8 Å². The van der Waals surface area contributed by atoms with Crippen LogP contribution >= 0.6 is 0 Å². The minimum atomic E-state index is 0. The Hall–Kier alpha value is -0.730. The molecular formula is C13H30N2O. The lowest BCUT2D eigenvalue weighted by atomic mass is 10.0. The number of hydrogen-bond acceptors (Lipinski definition) is 1. The van der Waals surface area contributed by atoms with Crippen molar-refractivity contribution in [1.29, 1.82) is 0 Å². The van der Waals surface area contributed by atoms with Crippen molar-refractivity contribution in [2.75, 3.05) is 6.54 Å². The summed E-state index contributed by atoms with van der Waals surface area (Å²) in [6.45, 7) is 7.43. The second-order valence-corrected chi connectivity index (χ2v) is 5.37. The summed E-state index contributed by atoms with van der Waals surface area (Å²) in [4.78, 5) is 11.6. The molecule has 1 saturated carbocycles. The molecule has 16 heavy (non-hydrogen) atoms. The lowest BCUT2D eigenvalue weighted by Gasteiger charge is -2.18. The highest BCUT2D eigenvalue weighted by molar-refractivity contribution is 5.74. The maximum Gasteiger partial charge on any atom is 0.315 e. The number of rotatable bonds is 7. The molecule has 2 amide bonds. The van der Waals surface area contributed by atoms with Crippen LogP contribution in [0.4, 0.5) is 4.79 Å². The van der Waals surface area contributed by atoms with Crippen LogP contribution < -0.4 is 10.6 Å². The second kappa shape index (κ2) is 6.77. The van der Waals surface area contributed by atoms with Crippen LogP contribution in [0.15, 0.2) is 0 Å². The normalized spacial score (nSPS) is 17.2. The largest absolute Gasteiger partial charge is 0.338 e. The van der Waals surface area contributed by atoms with Gasteiger partial charge in [0.05, 0.1) is 0 Å². The quantitative estimate of drug-likeness (QED) is 0.691. The molecule has 1 atom stereocenters. The lowest BCUT2D eigenvalue weighted by Crippen LogP contribution is -2.42. The van der Waals surface area contributed by atoms with Crippen molar-refractivity contribution in [2.45, 2.75) is 58.9 Å². The number of carbonyl (C=O) groups is 1. The lowest BCUT2D eigenvalue weighted by molar-refractivity contribution is 0.234. The highest BCUT2D eigenvalue weighted by Gasteiger charge is 2.21. The van der Waals surface area contributed by atoms with E-state index >= 15 is 0 Å². The molecule has 1 unspecified atom stereocenters. The van der Waals surface area contributed by atoms with E-state index in [0.717, 1.165) is 25.3 Å². The van der Waals surface area contributed by atoms with Crippen molar-refractivity contribution in [3.8, 4) is 0 Å². The molecule has 0 aromatic heterocycles. The van der Waals surface area contributed by atoms with Crippen molar-refractivity contribution in [3.63, 3.8) is 0 Å². The minimum Gasteiger partial charge on any atom is -0.338 e. The van der Waals surface area contributed by atoms with Crippen molar-refractivity contribution in [3.05, 3.63) is 0 Å². The molecule has 0 aliphatic heterocycles. The summed E-state index contributed by atoms with van der Waals surface area (Å²) in [5.74, 6) is 1.46. The van der Waals surface area contributed by atoms with E-state index in [4.69, 9.17) is 0 Å². The van der Waals surface area contributed by atoms with Crippen LogP contribution in [-0.2, 0) is 0 Å². The monoisotopic (exact) mass is 230 g/mol. The Labute approximate surface area is 102 Å². The third-order valence-electron chi connectivity index (χ3n) is 3.17. The van der Waals surface area contributed by atoms with Gasteiger partial charge in [-0.25, -0.2) is 4.79 Å². The Morgan fingerprint density at radius 2 is 2.06 bits per heavy atom. The average Bonchev–Trinajstić information content (AvgIpc) is 3.04. The molecule has 2 N–H and O–H groups in total. The highest BCUT2D eigenvalue weighted by atomic mass is 16.2. The molecule has 0 aromatic carbocycles. The second-order valence-electron chi connectivity index (χ2n) is 5.37. The third-order valence-corrected chi connectivity index (χ3v) is 3.17. The van der Waals surface area contributed by atoms with Gasteiger partial charge in [0.2, 0.25) is 0 Å². The van der Waals surface area contributed by atoms with Crippen LogP contribution in [0.5, 0.6) is 0 Å². The Balaban J connectivity index is 0. The molecule has 3 heteroatoms. The number of urea groups is 1. The predicted octanol–water partition coefficient (Wildman–Crippen LogP) is 3.40. The van der Waals surface area contributed by atoms with Gasteiger partial charge in [0, 0.05) is 15.4 Å². The molecule has 1 fully saturated rings. The summed E-state index contributed by atoms with van der Waals surface area (Å²) in [7, 11) is 0. The summed E-state index contributed by atoms with van der Waals surface area (Å²) >= 11 is 0. The van der Waals surface area contributed by atoms with E-state index in [1.54, 1.807) is 0 Å². The van der Waals surface area contributed by atoms with Gasteiger partial charge in [0.25, 0.3) is 0 Å². The van der Waals surface area contributed by atoms with Gasteiger partial charge in [-0.05, 0) is 43.9 Å². The van der Waals surface area contributed by atoms with E-state index in [0.29, 0.717) is 12.0 Å². The molecule has 98 valence electrons. The van der Waals surface area contributed by atoms with Gasteiger partial charge in [-0.15, -0.1) is 0 Å². The minimum absolute atomic E-state index is 0. The van der Waals surface area contributed by atoms with Crippen molar-refractivity contribution in [2.24, 2.45) is 11.8 Å². The molecule has 0 saturated heterocycles. The molecular weight excluding hydrogens is 200 g/mol. The van der Waals surface area contributed by atoms with Crippen molar-refractivity contribution >= 4 is 6.03 Å². The van der Waals surface area contributed by atoms with Crippen LogP contribution in [0.25, 0.3) is 0 Å². The van der Waals surface area contributed by atoms with Crippen LogP contribution in [-0.4, -0.2) is 18.6 Å². The van der Waals surface area contributed by atoms with Crippen LogP contribution in [0.1, 0.15) is 55.7 Å². The fourth-order valence-electron chi connectivity index (χ4n) is 1.71. The first-order valence-corrected chi connectivity index (χ1v) is 6.66. The van der Waals surface area contributed by atoms with Crippen molar-refractivity contribution in [1.82, 2.24) is 10.6 Å². The standard InChI is InChI=1S/C13H26N2O.2H2/c1-4-12(8-5-10(2)3)15-13(16)14-9-11-6-7-11;;/h10-12H,4-9H2,1-3H3,(H2,14,15,16);2*1H. The fraction of sp³-hybridized carbons (Fsp3) is 0.923. The Morgan fingerprint density at radius 1 is 1.38 bits per heavy atom. The smallest absolute Gasteiger partial charge is 0.315 e. The third kappa shape index (κ3) is 5.99. The number of carbonyl (C=O) groups excluding carboxylic acids is 1. The van der Waals surface area contributed by atoms with E-state index in [1.165, 1.54) is 19.3 Å². The van der Waals surface area contributed by atoms with Gasteiger partial charge in [-0.1, -0.05) is 20.8 Å². The topological polar surface area (TPSA) is 41.1 Å². The summed E-state index contributed by atoms with van der Waals surface area (Å²) in [5.41, 5.74) is 0. The molecule has 1 aliphatic carbocycles. The molecule has 0 heterocycles. The van der Waals surface area contributed by atoms with E-state index in [2.05, 4.69) is 31.4 Å². The van der Waals surface area contributed by atoms with Gasteiger partial charge in [0.1, 0.15) is 0 Å². The van der Waals surface area contributed by atoms with E-state index in [9.17, 15) is 4.79 Å². The summed E-state index contributed by atoms with van der Waals surface area (Å²) in [5, 5.41) is 6.00. The maximum absolute atomic E-state index is 11.6. The zero-order chi connectivity index (χ0) is 12.0. The van der Waals surface area contributed by atoms with E-state index in [-0.39, 0.29) is 8.88 Å². The highest BCUT2D eigenvalue weighted by Crippen LogP contribution is 2.27. The van der Waals surface area contributed by atoms with Crippen LogP contribution in [0.3, 0.4) is 0 Å². The predicted molar refractivity (Wildman–Crippen MR) is 71.6 cm³/mol. The van der Waals surface area contributed by atoms with Gasteiger partial charge in [-0.2, -0.15) is 0 Å². The average molecular weight is 230 g/mol. The maximum atomic E-state index is 11.6. The Morgan fingerprint density at radius 3 is 2.56 bits per heavy atom. The molecule has 0 spiro atoms. The number of hydrogen-bond donors (Lipinski definition) is 2. The number of nitrogens with one attached hydrogen (secondary N) is 2. The Kier molecular flexibility index (Phi) is 5.64.